The van der Waals surface area contributed by atoms with E-state index in [1.54, 1.807) is 50.4 Å². The van der Waals surface area contributed by atoms with Gasteiger partial charge >= 0.3 is 5.97 Å². The number of anilines is 4. The maximum atomic E-state index is 14.9. The Hall–Kier alpha value is -3.61. The zero-order valence-corrected chi connectivity index (χ0v) is 25.5. The standard InChI is InChI=1S/C30H38ClFN8O3/c1-19(2)43-30(42)26-7-11-40(26)29-25(18-24(36-37-29)22-16-20(31)4-5-23(22)32)34-21-6-9-33-27(17-21)35-28(41)8-10-39-14-12-38(3)13-15-39/h4,6,9,16-19,23,26H,5,7-8,10-15H2,1-3H3,(H2,33,34,35,36,41). The summed E-state index contributed by atoms with van der Waals surface area (Å²) in [6.07, 6.45) is 4.38. The lowest BCUT2D eigenvalue weighted by molar-refractivity contribution is -0.150. The number of nitrogens with one attached hydrogen (secondary N) is 2. The van der Waals surface area contributed by atoms with E-state index in [2.05, 4.69) is 42.7 Å². The number of piperazine rings is 1. The number of rotatable bonds is 10. The number of ether oxygens (including phenoxy) is 1. The SMILES string of the molecule is CC(C)OC(=O)C1CCN1c1nnc(C2=CC(Cl)=CCC2F)cc1Nc1ccnc(NC(=O)CCN2CCN(C)CC2)c1. The molecule has 2 aliphatic heterocycles. The Morgan fingerprint density at radius 2 is 1.95 bits per heavy atom. The lowest BCUT2D eigenvalue weighted by atomic mass is 9.99. The van der Waals surface area contributed by atoms with Gasteiger partial charge in [0.1, 0.15) is 18.0 Å². The second-order valence-corrected chi connectivity index (χ2v) is 11.8. The number of esters is 1. The Bertz CT molecular complexity index is 1400. The van der Waals surface area contributed by atoms with Crippen molar-refractivity contribution in [1.82, 2.24) is 25.0 Å². The van der Waals surface area contributed by atoms with Gasteiger partial charge in [0.25, 0.3) is 0 Å². The number of hydrogen-bond acceptors (Lipinski definition) is 10. The predicted molar refractivity (Wildman–Crippen MR) is 165 cm³/mol. The number of carbonyl (C=O) groups excluding carboxylic acids is 2. The normalized spacial score (nSPS) is 21.1. The molecule has 0 aromatic carbocycles. The van der Waals surface area contributed by atoms with Crippen molar-refractivity contribution in [3.63, 3.8) is 0 Å². The molecule has 0 radical (unpaired) electrons. The average molecular weight is 613 g/mol. The van der Waals surface area contributed by atoms with Gasteiger partial charge in [0, 0.05) is 80.7 Å². The van der Waals surface area contributed by atoms with Gasteiger partial charge in [-0.1, -0.05) is 17.7 Å². The molecule has 13 heteroatoms. The Labute approximate surface area is 256 Å². The highest BCUT2D eigenvalue weighted by Crippen LogP contribution is 2.37. The van der Waals surface area contributed by atoms with Gasteiger partial charge in [-0.05, 0) is 45.5 Å². The Morgan fingerprint density at radius 3 is 2.67 bits per heavy atom. The molecular weight excluding hydrogens is 575 g/mol. The predicted octanol–water partition coefficient (Wildman–Crippen LogP) is 3.97. The molecule has 11 nitrogen and oxygen atoms in total. The number of allylic oxidation sites excluding steroid dienone is 4. The van der Waals surface area contributed by atoms with E-state index in [4.69, 9.17) is 16.3 Å². The summed E-state index contributed by atoms with van der Waals surface area (Å²) in [6, 6.07) is 4.67. The number of pyridine rings is 1. The maximum Gasteiger partial charge on any atom is 0.329 e. The summed E-state index contributed by atoms with van der Waals surface area (Å²) in [5.74, 6) is 0.380. The molecule has 2 fully saturated rings. The molecule has 230 valence electrons. The zero-order valence-electron chi connectivity index (χ0n) is 24.7. The highest BCUT2D eigenvalue weighted by atomic mass is 35.5. The average Bonchev–Trinajstić information content (AvgIpc) is 2.94. The van der Waals surface area contributed by atoms with Crippen LogP contribution in [0.25, 0.3) is 5.57 Å². The number of likely N-dealkylation sites (N-methyl/N-ethyl adjacent to an activating group) is 1. The summed E-state index contributed by atoms with van der Waals surface area (Å²) in [7, 11) is 2.10. The fourth-order valence-corrected chi connectivity index (χ4v) is 5.38. The number of carbonyl (C=O) groups is 2. The van der Waals surface area contributed by atoms with Gasteiger partial charge in [-0.3, -0.25) is 4.79 Å². The Morgan fingerprint density at radius 1 is 1.16 bits per heavy atom. The lowest BCUT2D eigenvalue weighted by Gasteiger charge is -2.40. The van der Waals surface area contributed by atoms with Gasteiger partial charge in [0.2, 0.25) is 5.91 Å². The van der Waals surface area contributed by atoms with Crippen molar-refractivity contribution >= 4 is 52.1 Å². The minimum absolute atomic E-state index is 0.118. The molecular formula is C30H38ClFN8O3. The zero-order chi connectivity index (χ0) is 30.5. The van der Waals surface area contributed by atoms with Gasteiger partial charge in [-0.2, -0.15) is 0 Å². The molecule has 2 unspecified atom stereocenters. The largest absolute Gasteiger partial charge is 0.461 e. The van der Waals surface area contributed by atoms with Gasteiger partial charge in [0.15, 0.2) is 5.82 Å². The van der Waals surface area contributed by atoms with Crippen LogP contribution >= 0.6 is 11.6 Å². The molecule has 1 aliphatic carbocycles. The molecule has 3 aliphatic rings. The number of aromatic nitrogens is 3. The van der Waals surface area contributed by atoms with Gasteiger partial charge in [0.05, 0.1) is 17.5 Å². The fraction of sp³-hybridized carbons (Fsp3) is 0.500. The topological polar surface area (TPSA) is 116 Å². The van der Waals surface area contributed by atoms with Gasteiger partial charge < -0.3 is 30.1 Å². The summed E-state index contributed by atoms with van der Waals surface area (Å²) in [5.41, 5.74) is 1.80. The monoisotopic (exact) mass is 612 g/mol. The van der Waals surface area contributed by atoms with Crippen molar-refractivity contribution in [3.05, 3.63) is 47.3 Å². The smallest absolute Gasteiger partial charge is 0.329 e. The highest BCUT2D eigenvalue weighted by Gasteiger charge is 2.38. The van der Waals surface area contributed by atoms with E-state index in [9.17, 15) is 14.0 Å². The summed E-state index contributed by atoms with van der Waals surface area (Å²) >= 11 is 6.18. The van der Waals surface area contributed by atoms with Crippen molar-refractivity contribution in [2.24, 2.45) is 0 Å². The Balaban J connectivity index is 1.34. The van der Waals surface area contributed by atoms with Gasteiger partial charge in [-0.25, -0.2) is 14.2 Å². The van der Waals surface area contributed by atoms with Crippen LogP contribution in [0.5, 0.6) is 0 Å². The molecule has 0 spiro atoms. The quantitative estimate of drug-likeness (QED) is 0.382. The Kier molecular flexibility index (Phi) is 9.89. The summed E-state index contributed by atoms with van der Waals surface area (Å²) in [4.78, 5) is 36.1. The third-order valence-corrected chi connectivity index (χ3v) is 7.96. The number of alkyl halides is 1. The van der Waals surface area contributed by atoms with Crippen LogP contribution in [0.4, 0.5) is 27.4 Å². The number of hydrogen-bond donors (Lipinski definition) is 2. The van der Waals surface area contributed by atoms with Crippen LogP contribution in [-0.4, -0.2) is 101 Å². The van der Waals surface area contributed by atoms with Crippen LogP contribution in [0, 0.1) is 0 Å². The maximum absolute atomic E-state index is 14.9. The third kappa shape index (κ3) is 7.87. The van der Waals surface area contributed by atoms with E-state index in [1.165, 1.54) is 0 Å². The summed E-state index contributed by atoms with van der Waals surface area (Å²) < 4.78 is 20.3. The van der Waals surface area contributed by atoms with E-state index in [0.717, 1.165) is 26.2 Å². The number of halogens is 2. The molecule has 2 saturated heterocycles. The first kappa shape index (κ1) is 30.8. The number of nitrogens with zero attached hydrogens (tertiary/aromatic N) is 6. The molecule has 2 atom stereocenters. The van der Waals surface area contributed by atoms with Crippen LogP contribution in [0.2, 0.25) is 0 Å². The fourth-order valence-electron chi connectivity index (χ4n) is 5.17. The molecule has 43 heavy (non-hydrogen) atoms. The van der Waals surface area contributed by atoms with Crippen molar-refractivity contribution in [2.75, 3.05) is 61.8 Å². The summed E-state index contributed by atoms with van der Waals surface area (Å²) in [6.45, 7) is 8.76. The molecule has 0 bridgehead atoms. The molecule has 4 heterocycles. The molecule has 2 aromatic heterocycles. The first-order valence-electron chi connectivity index (χ1n) is 14.7. The minimum atomic E-state index is -1.28. The first-order valence-corrected chi connectivity index (χ1v) is 15.0. The molecule has 2 aromatic rings. The first-order chi connectivity index (χ1) is 20.7. The molecule has 5 rings (SSSR count). The second-order valence-electron chi connectivity index (χ2n) is 11.3. The van der Waals surface area contributed by atoms with Crippen LogP contribution in [0.3, 0.4) is 0 Å². The molecule has 2 N–H and O–H groups in total. The van der Waals surface area contributed by atoms with Gasteiger partial charge in [-0.15, -0.1) is 10.2 Å². The van der Waals surface area contributed by atoms with Crippen LogP contribution in [0.15, 0.2) is 41.6 Å². The third-order valence-electron chi connectivity index (χ3n) is 7.69. The van der Waals surface area contributed by atoms with E-state index < -0.39 is 12.2 Å². The van der Waals surface area contributed by atoms with Crippen molar-refractivity contribution in [3.8, 4) is 0 Å². The molecule has 1 amide bonds. The van der Waals surface area contributed by atoms with E-state index in [1.807, 2.05) is 4.90 Å². The van der Waals surface area contributed by atoms with Crippen molar-refractivity contribution in [2.45, 2.75) is 51.4 Å². The highest BCUT2D eigenvalue weighted by molar-refractivity contribution is 6.31. The van der Waals surface area contributed by atoms with E-state index in [0.29, 0.717) is 65.2 Å². The summed E-state index contributed by atoms with van der Waals surface area (Å²) in [5, 5.41) is 15.4. The van der Waals surface area contributed by atoms with Crippen molar-refractivity contribution in [1.29, 1.82) is 0 Å². The minimum Gasteiger partial charge on any atom is -0.461 e. The lowest BCUT2D eigenvalue weighted by Crippen LogP contribution is -2.54. The van der Waals surface area contributed by atoms with Crippen molar-refractivity contribution < 1.29 is 18.7 Å². The van der Waals surface area contributed by atoms with Crippen LogP contribution < -0.4 is 15.5 Å². The molecule has 0 saturated carbocycles. The second kappa shape index (κ2) is 13.8. The van der Waals surface area contributed by atoms with Crippen LogP contribution in [-0.2, 0) is 14.3 Å². The van der Waals surface area contributed by atoms with E-state index >= 15 is 0 Å². The van der Waals surface area contributed by atoms with E-state index in [-0.39, 0.29) is 24.4 Å². The number of amides is 1. The van der Waals surface area contributed by atoms with Crippen LogP contribution in [0.1, 0.15) is 38.8 Å².